The fourth-order valence-electron chi connectivity index (χ4n) is 1.36. The summed E-state index contributed by atoms with van der Waals surface area (Å²) in [4.78, 5) is 0. The molecule has 1 aromatic carbocycles. The van der Waals surface area contributed by atoms with Gasteiger partial charge in [-0.3, -0.25) is 0 Å². The molecule has 0 aromatic heterocycles. The standard InChI is InChI=1S/C11H17NO2.ClH/c1-8(2)12-11(7-13)9-3-5-10(14)6-4-9;/h3-6,8,11-14H,7H2,1-2H3;1H. The van der Waals surface area contributed by atoms with Crippen molar-refractivity contribution < 1.29 is 10.2 Å². The highest BCUT2D eigenvalue weighted by Crippen LogP contribution is 2.16. The lowest BCUT2D eigenvalue weighted by Gasteiger charge is -2.19. The molecule has 4 heteroatoms. The predicted octanol–water partition coefficient (Wildman–Crippen LogP) is 1.85. The van der Waals surface area contributed by atoms with Crippen molar-refractivity contribution in [1.29, 1.82) is 0 Å². The van der Waals surface area contributed by atoms with E-state index in [4.69, 9.17) is 5.11 Å². The largest absolute Gasteiger partial charge is 0.508 e. The van der Waals surface area contributed by atoms with Crippen LogP contribution in [0, 0.1) is 0 Å². The third kappa shape index (κ3) is 4.51. The second kappa shape index (κ2) is 6.67. The lowest BCUT2D eigenvalue weighted by Crippen LogP contribution is -2.30. The molecule has 1 aromatic rings. The van der Waals surface area contributed by atoms with Crippen molar-refractivity contribution in [2.45, 2.75) is 25.9 Å². The number of phenolic OH excluding ortho intramolecular Hbond substituents is 1. The highest BCUT2D eigenvalue weighted by molar-refractivity contribution is 5.85. The monoisotopic (exact) mass is 231 g/mol. The van der Waals surface area contributed by atoms with Crippen molar-refractivity contribution in [3.63, 3.8) is 0 Å². The van der Waals surface area contributed by atoms with Gasteiger partial charge in [0.25, 0.3) is 0 Å². The molecule has 0 spiro atoms. The Kier molecular flexibility index (Phi) is 6.32. The molecule has 1 unspecified atom stereocenters. The van der Waals surface area contributed by atoms with Gasteiger partial charge in [0.1, 0.15) is 5.75 Å². The van der Waals surface area contributed by atoms with Gasteiger partial charge in [0, 0.05) is 6.04 Å². The van der Waals surface area contributed by atoms with Crippen LogP contribution in [0.5, 0.6) is 5.75 Å². The maximum absolute atomic E-state index is 9.17. The van der Waals surface area contributed by atoms with Gasteiger partial charge in [0.2, 0.25) is 0 Å². The van der Waals surface area contributed by atoms with Gasteiger partial charge < -0.3 is 15.5 Å². The average molecular weight is 232 g/mol. The van der Waals surface area contributed by atoms with Crippen LogP contribution in [0.2, 0.25) is 0 Å². The normalized spacial score (nSPS) is 12.3. The first-order valence-corrected chi connectivity index (χ1v) is 4.79. The van der Waals surface area contributed by atoms with Crippen molar-refractivity contribution in [1.82, 2.24) is 5.32 Å². The molecule has 0 radical (unpaired) electrons. The van der Waals surface area contributed by atoms with Crippen LogP contribution in [0.15, 0.2) is 24.3 Å². The number of halogens is 1. The van der Waals surface area contributed by atoms with Crippen molar-refractivity contribution >= 4 is 12.4 Å². The maximum Gasteiger partial charge on any atom is 0.115 e. The molecule has 0 aliphatic carbocycles. The zero-order valence-corrected chi connectivity index (χ0v) is 9.79. The van der Waals surface area contributed by atoms with E-state index in [1.54, 1.807) is 12.1 Å². The van der Waals surface area contributed by atoms with Crippen LogP contribution in [-0.4, -0.2) is 22.9 Å². The molecular weight excluding hydrogens is 214 g/mol. The Morgan fingerprint density at radius 1 is 1.20 bits per heavy atom. The maximum atomic E-state index is 9.17. The number of hydrogen-bond donors (Lipinski definition) is 3. The number of aliphatic hydroxyl groups is 1. The predicted molar refractivity (Wildman–Crippen MR) is 63.5 cm³/mol. The van der Waals surface area contributed by atoms with Gasteiger partial charge in [-0.15, -0.1) is 12.4 Å². The van der Waals surface area contributed by atoms with Crippen LogP contribution < -0.4 is 5.32 Å². The average Bonchev–Trinajstić information content (AvgIpc) is 2.15. The molecule has 0 aliphatic rings. The number of aliphatic hydroxyl groups excluding tert-OH is 1. The molecule has 0 saturated carbocycles. The minimum absolute atomic E-state index is 0. The molecule has 0 fully saturated rings. The Hall–Kier alpha value is -0.770. The van der Waals surface area contributed by atoms with Gasteiger partial charge in [-0.1, -0.05) is 26.0 Å². The third-order valence-corrected chi connectivity index (χ3v) is 2.01. The molecular formula is C11H18ClNO2. The van der Waals surface area contributed by atoms with Gasteiger partial charge in [0.05, 0.1) is 12.6 Å². The summed E-state index contributed by atoms with van der Waals surface area (Å²) in [5, 5.41) is 21.5. The first kappa shape index (κ1) is 14.2. The van der Waals surface area contributed by atoms with E-state index in [0.717, 1.165) is 5.56 Å². The summed E-state index contributed by atoms with van der Waals surface area (Å²) in [7, 11) is 0. The second-order valence-corrected chi connectivity index (χ2v) is 3.65. The summed E-state index contributed by atoms with van der Waals surface area (Å²) in [6.07, 6.45) is 0. The van der Waals surface area contributed by atoms with Gasteiger partial charge >= 0.3 is 0 Å². The van der Waals surface area contributed by atoms with Crippen LogP contribution in [0.4, 0.5) is 0 Å². The number of phenols is 1. The fraction of sp³-hybridized carbons (Fsp3) is 0.455. The number of rotatable bonds is 4. The van der Waals surface area contributed by atoms with Crippen molar-refractivity contribution in [3.05, 3.63) is 29.8 Å². The van der Waals surface area contributed by atoms with E-state index in [1.165, 1.54) is 0 Å². The number of benzene rings is 1. The van der Waals surface area contributed by atoms with Crippen molar-refractivity contribution in [3.8, 4) is 5.75 Å². The van der Waals surface area contributed by atoms with Crippen LogP contribution in [0.1, 0.15) is 25.5 Å². The van der Waals surface area contributed by atoms with E-state index in [9.17, 15) is 5.11 Å². The molecule has 86 valence electrons. The van der Waals surface area contributed by atoms with Crippen molar-refractivity contribution in [2.24, 2.45) is 0 Å². The van der Waals surface area contributed by atoms with Crippen LogP contribution >= 0.6 is 12.4 Å². The summed E-state index contributed by atoms with van der Waals surface area (Å²) in [6.45, 7) is 4.12. The molecule has 0 heterocycles. The number of nitrogens with one attached hydrogen (secondary N) is 1. The fourth-order valence-corrected chi connectivity index (χ4v) is 1.36. The van der Waals surface area contributed by atoms with E-state index in [2.05, 4.69) is 5.32 Å². The van der Waals surface area contributed by atoms with Crippen LogP contribution in [-0.2, 0) is 0 Å². The lowest BCUT2D eigenvalue weighted by molar-refractivity contribution is 0.237. The summed E-state index contributed by atoms with van der Waals surface area (Å²) >= 11 is 0. The molecule has 3 nitrogen and oxygen atoms in total. The molecule has 0 amide bonds. The highest BCUT2D eigenvalue weighted by atomic mass is 35.5. The minimum Gasteiger partial charge on any atom is -0.508 e. The van der Waals surface area contributed by atoms with Gasteiger partial charge in [-0.05, 0) is 17.7 Å². The second-order valence-electron chi connectivity index (χ2n) is 3.65. The first-order chi connectivity index (χ1) is 6.63. The Balaban J connectivity index is 0.00000196. The lowest BCUT2D eigenvalue weighted by atomic mass is 10.1. The van der Waals surface area contributed by atoms with E-state index in [1.807, 2.05) is 26.0 Å². The van der Waals surface area contributed by atoms with Gasteiger partial charge in [0.15, 0.2) is 0 Å². The molecule has 1 rings (SSSR count). The zero-order chi connectivity index (χ0) is 10.6. The number of aromatic hydroxyl groups is 1. The number of hydrogen-bond acceptors (Lipinski definition) is 3. The van der Waals surface area contributed by atoms with E-state index >= 15 is 0 Å². The van der Waals surface area contributed by atoms with E-state index in [0.29, 0.717) is 6.04 Å². The Labute approximate surface area is 96.5 Å². The minimum atomic E-state index is -0.0596. The van der Waals surface area contributed by atoms with E-state index < -0.39 is 0 Å². The Bertz CT molecular complexity index is 274. The molecule has 0 bridgehead atoms. The van der Waals surface area contributed by atoms with Gasteiger partial charge in [-0.25, -0.2) is 0 Å². The topological polar surface area (TPSA) is 52.5 Å². The molecule has 0 aliphatic heterocycles. The molecule has 1 atom stereocenters. The molecule has 0 saturated heterocycles. The Morgan fingerprint density at radius 2 is 1.73 bits per heavy atom. The van der Waals surface area contributed by atoms with Crippen molar-refractivity contribution in [2.75, 3.05) is 6.61 Å². The summed E-state index contributed by atoms with van der Waals surface area (Å²) < 4.78 is 0. The molecule has 3 N–H and O–H groups in total. The van der Waals surface area contributed by atoms with Crippen LogP contribution in [0.3, 0.4) is 0 Å². The summed E-state index contributed by atoms with van der Waals surface area (Å²) in [5.74, 6) is 0.245. The Morgan fingerprint density at radius 3 is 2.13 bits per heavy atom. The van der Waals surface area contributed by atoms with Crippen LogP contribution in [0.25, 0.3) is 0 Å². The smallest absolute Gasteiger partial charge is 0.115 e. The SMILES string of the molecule is CC(C)NC(CO)c1ccc(O)cc1.Cl. The van der Waals surface area contributed by atoms with Gasteiger partial charge in [-0.2, -0.15) is 0 Å². The quantitative estimate of drug-likeness (QED) is 0.741. The van der Waals surface area contributed by atoms with E-state index in [-0.39, 0.29) is 30.8 Å². The third-order valence-electron chi connectivity index (χ3n) is 2.01. The first-order valence-electron chi connectivity index (χ1n) is 4.79. The zero-order valence-electron chi connectivity index (χ0n) is 8.97. The highest BCUT2D eigenvalue weighted by Gasteiger charge is 2.10. The summed E-state index contributed by atoms with van der Waals surface area (Å²) in [6, 6.07) is 7.13. The summed E-state index contributed by atoms with van der Waals surface area (Å²) in [5.41, 5.74) is 0.985. The molecule has 15 heavy (non-hydrogen) atoms.